The van der Waals surface area contributed by atoms with Gasteiger partial charge in [-0.3, -0.25) is 4.98 Å². The van der Waals surface area contributed by atoms with E-state index in [1.165, 1.54) is 50.4 Å². The zero-order chi connectivity index (χ0) is 26.3. The second kappa shape index (κ2) is 10.5. The highest BCUT2D eigenvalue weighted by molar-refractivity contribution is 5.74. The van der Waals surface area contributed by atoms with Crippen molar-refractivity contribution in [2.45, 2.75) is 85.4 Å². The third-order valence-electron chi connectivity index (χ3n) is 8.60. The van der Waals surface area contributed by atoms with Gasteiger partial charge in [-0.15, -0.1) is 0 Å². The summed E-state index contributed by atoms with van der Waals surface area (Å²) in [6.45, 7) is 16.5. The average Bonchev–Trinajstić information content (AvgIpc) is 2.88. The highest BCUT2D eigenvalue weighted by atomic mass is 16.5. The van der Waals surface area contributed by atoms with Crippen LogP contribution in [0.3, 0.4) is 0 Å². The van der Waals surface area contributed by atoms with Crippen molar-refractivity contribution < 1.29 is 4.74 Å². The van der Waals surface area contributed by atoms with E-state index in [-0.39, 0.29) is 0 Å². The molecule has 0 bridgehead atoms. The van der Waals surface area contributed by atoms with Gasteiger partial charge in [-0.25, -0.2) is 0 Å². The Balaban J connectivity index is 1.60. The van der Waals surface area contributed by atoms with Gasteiger partial charge in [0.15, 0.2) is 0 Å². The van der Waals surface area contributed by atoms with Gasteiger partial charge in [-0.1, -0.05) is 44.2 Å². The molecule has 196 valence electrons. The fourth-order valence-electron chi connectivity index (χ4n) is 6.34. The minimum Gasteiger partial charge on any atom is -0.381 e. The normalized spacial score (nSPS) is 19.9. The lowest BCUT2D eigenvalue weighted by Gasteiger charge is -2.42. The Bertz CT molecular complexity index is 1260. The number of methoxy groups -OCH3 is 1. The van der Waals surface area contributed by atoms with Crippen molar-refractivity contribution in [3.63, 3.8) is 0 Å². The molecule has 1 aromatic heterocycles. The lowest BCUT2D eigenvalue weighted by Crippen LogP contribution is -2.44. The number of anilines is 2. The van der Waals surface area contributed by atoms with Crippen molar-refractivity contribution in [1.82, 2.24) is 4.98 Å². The van der Waals surface area contributed by atoms with Crippen molar-refractivity contribution >= 4 is 11.4 Å². The molecule has 0 aliphatic carbocycles. The fraction of sp³-hybridized carbons (Fsp3) is 0.485. The molecule has 0 spiro atoms. The molecule has 0 saturated carbocycles. The van der Waals surface area contributed by atoms with Gasteiger partial charge in [0.2, 0.25) is 0 Å². The summed E-state index contributed by atoms with van der Waals surface area (Å²) >= 11 is 0. The molecule has 37 heavy (non-hydrogen) atoms. The van der Waals surface area contributed by atoms with Crippen LogP contribution in [0.4, 0.5) is 11.4 Å². The van der Waals surface area contributed by atoms with E-state index >= 15 is 0 Å². The lowest BCUT2D eigenvalue weighted by molar-refractivity contribution is 0.0721. The van der Waals surface area contributed by atoms with Crippen LogP contribution in [0.25, 0.3) is 11.3 Å². The van der Waals surface area contributed by atoms with Crippen LogP contribution in [-0.4, -0.2) is 37.3 Å². The number of nitrogens with zero attached hydrogens (tertiary/aromatic N) is 3. The summed E-state index contributed by atoms with van der Waals surface area (Å²) in [5.41, 5.74) is 13.2. The van der Waals surface area contributed by atoms with Crippen LogP contribution in [0.2, 0.25) is 0 Å². The topological polar surface area (TPSA) is 28.6 Å². The first-order chi connectivity index (χ1) is 17.8. The predicted molar refractivity (Wildman–Crippen MR) is 156 cm³/mol. The van der Waals surface area contributed by atoms with Gasteiger partial charge in [0.1, 0.15) is 0 Å². The molecule has 2 aliphatic rings. The van der Waals surface area contributed by atoms with Crippen molar-refractivity contribution in [3.05, 3.63) is 76.0 Å². The summed E-state index contributed by atoms with van der Waals surface area (Å²) < 4.78 is 5.75. The summed E-state index contributed by atoms with van der Waals surface area (Å²) in [7, 11) is 1.85. The Hall–Kier alpha value is -2.85. The number of ether oxygens (including phenoxy) is 1. The summed E-state index contributed by atoms with van der Waals surface area (Å²) in [4.78, 5) is 10.6. The fourth-order valence-corrected chi connectivity index (χ4v) is 6.34. The molecule has 1 fully saturated rings. The second-order valence-electron chi connectivity index (χ2n) is 11.5. The largest absolute Gasteiger partial charge is 0.381 e. The van der Waals surface area contributed by atoms with Gasteiger partial charge >= 0.3 is 0 Å². The molecule has 2 atom stereocenters. The SMILES string of the molecule is CO[C@@H]1CCN(c2cc(-c3c(C)cccc3C)nc3c2CN(c2cc(C(C)C)ccc2C)CC3)[C@H](C)C1. The van der Waals surface area contributed by atoms with Gasteiger partial charge < -0.3 is 14.5 Å². The molecule has 1 saturated heterocycles. The Kier molecular flexibility index (Phi) is 7.31. The molecular weight excluding hydrogens is 454 g/mol. The molecule has 2 aliphatic heterocycles. The molecule has 0 N–H and O–H groups in total. The Morgan fingerprint density at radius 3 is 2.38 bits per heavy atom. The molecule has 2 aromatic carbocycles. The summed E-state index contributed by atoms with van der Waals surface area (Å²) in [6, 6.07) is 16.4. The van der Waals surface area contributed by atoms with E-state index in [0.29, 0.717) is 18.1 Å². The van der Waals surface area contributed by atoms with Crippen molar-refractivity contribution in [3.8, 4) is 11.3 Å². The Morgan fingerprint density at radius 1 is 0.946 bits per heavy atom. The van der Waals surface area contributed by atoms with E-state index in [2.05, 4.69) is 93.8 Å². The summed E-state index contributed by atoms with van der Waals surface area (Å²) in [5.74, 6) is 0.525. The molecule has 0 unspecified atom stereocenters. The van der Waals surface area contributed by atoms with Gasteiger partial charge in [0.05, 0.1) is 11.8 Å². The Morgan fingerprint density at radius 2 is 1.70 bits per heavy atom. The van der Waals surface area contributed by atoms with Crippen LogP contribution in [0, 0.1) is 20.8 Å². The van der Waals surface area contributed by atoms with E-state index in [0.717, 1.165) is 44.6 Å². The standard InChI is InChI=1S/C33H43N3O/c1-21(2)26-12-11-22(3)31(18-26)35-15-14-29-28(20-35)32(36-16-13-27(37-7)17-25(36)6)19-30(34-29)33-23(4)9-8-10-24(33)5/h8-12,18-19,21,25,27H,13-17,20H2,1-7H3/t25-,27-/m1/s1. The summed E-state index contributed by atoms with van der Waals surface area (Å²) in [5, 5.41) is 0. The van der Waals surface area contributed by atoms with Crippen LogP contribution in [0.15, 0.2) is 42.5 Å². The number of benzene rings is 2. The van der Waals surface area contributed by atoms with Crippen molar-refractivity contribution in [2.75, 3.05) is 30.0 Å². The third kappa shape index (κ3) is 5.01. The van der Waals surface area contributed by atoms with Gasteiger partial charge in [-0.2, -0.15) is 0 Å². The van der Waals surface area contributed by atoms with Crippen LogP contribution < -0.4 is 9.80 Å². The van der Waals surface area contributed by atoms with Gasteiger partial charge in [0, 0.05) is 67.4 Å². The molecule has 0 amide bonds. The lowest BCUT2D eigenvalue weighted by atomic mass is 9.93. The number of piperidine rings is 1. The molecule has 0 radical (unpaired) electrons. The minimum absolute atomic E-state index is 0.347. The molecule has 4 nitrogen and oxygen atoms in total. The van der Waals surface area contributed by atoms with Crippen molar-refractivity contribution in [2.24, 2.45) is 0 Å². The van der Waals surface area contributed by atoms with Gasteiger partial charge in [0.25, 0.3) is 0 Å². The molecule has 5 rings (SSSR count). The third-order valence-corrected chi connectivity index (χ3v) is 8.60. The zero-order valence-electron chi connectivity index (χ0n) is 23.8. The second-order valence-corrected chi connectivity index (χ2v) is 11.5. The van der Waals surface area contributed by atoms with Crippen LogP contribution in [-0.2, 0) is 17.7 Å². The van der Waals surface area contributed by atoms with E-state index in [4.69, 9.17) is 9.72 Å². The molecule has 3 heterocycles. The van der Waals surface area contributed by atoms with E-state index in [1.54, 1.807) is 0 Å². The number of fused-ring (bicyclic) bond motifs is 1. The minimum atomic E-state index is 0.347. The van der Waals surface area contributed by atoms with Crippen LogP contribution in [0.5, 0.6) is 0 Å². The van der Waals surface area contributed by atoms with E-state index in [9.17, 15) is 0 Å². The first kappa shape index (κ1) is 25.8. The van der Waals surface area contributed by atoms with E-state index < -0.39 is 0 Å². The number of aromatic nitrogens is 1. The summed E-state index contributed by atoms with van der Waals surface area (Å²) in [6.07, 6.45) is 3.44. The quantitative estimate of drug-likeness (QED) is 0.368. The number of aryl methyl sites for hydroxylation is 3. The Labute approximate surface area is 223 Å². The predicted octanol–water partition coefficient (Wildman–Crippen LogP) is 7.36. The molecule has 4 heteroatoms. The molecular formula is C33H43N3O. The number of hydrogen-bond acceptors (Lipinski definition) is 4. The van der Waals surface area contributed by atoms with E-state index in [1.807, 2.05) is 7.11 Å². The average molecular weight is 498 g/mol. The first-order valence-electron chi connectivity index (χ1n) is 14.0. The zero-order valence-corrected chi connectivity index (χ0v) is 23.8. The number of pyridine rings is 1. The number of hydrogen-bond donors (Lipinski definition) is 0. The van der Waals surface area contributed by atoms with Crippen molar-refractivity contribution in [1.29, 1.82) is 0 Å². The number of rotatable bonds is 5. The smallest absolute Gasteiger partial charge is 0.0731 e. The van der Waals surface area contributed by atoms with Crippen LogP contribution >= 0.6 is 0 Å². The monoisotopic (exact) mass is 497 g/mol. The maximum Gasteiger partial charge on any atom is 0.0731 e. The van der Waals surface area contributed by atoms with Gasteiger partial charge in [-0.05, 0) is 80.8 Å². The highest BCUT2D eigenvalue weighted by Gasteiger charge is 2.31. The molecule has 3 aromatic rings. The maximum atomic E-state index is 5.75. The first-order valence-corrected chi connectivity index (χ1v) is 14.0. The maximum absolute atomic E-state index is 5.75. The van der Waals surface area contributed by atoms with Crippen LogP contribution in [0.1, 0.15) is 73.0 Å². The highest BCUT2D eigenvalue weighted by Crippen LogP contribution is 2.39.